The summed E-state index contributed by atoms with van der Waals surface area (Å²) < 4.78 is 0. The summed E-state index contributed by atoms with van der Waals surface area (Å²) in [5.41, 5.74) is 18.2. The van der Waals surface area contributed by atoms with Crippen molar-refractivity contribution in [2.24, 2.45) is 10.7 Å². The summed E-state index contributed by atoms with van der Waals surface area (Å²) in [5.74, 6) is 0.846. The number of alkyl halides is 1. The minimum atomic E-state index is -0.229. The number of thioether (sulfide) groups is 1. The molecule has 4 aromatic carbocycles. The largest absolute Gasteiger partial charge is 0.382 e. The second-order valence-electron chi connectivity index (χ2n) is 18.0. The predicted octanol–water partition coefficient (Wildman–Crippen LogP) is 10.3. The number of hydrogen-bond donors (Lipinski definition) is 4. The molecule has 0 bridgehead atoms. The molecule has 73 heavy (non-hydrogen) atoms. The Balaban J connectivity index is 0.000000197. The van der Waals surface area contributed by atoms with Crippen LogP contribution in [0.1, 0.15) is 95.0 Å². The number of Topliss-reactive ketones (excluding diaryl/α,β-unsaturated/α-hetero) is 1. The first-order chi connectivity index (χ1) is 35.0. The zero-order valence-electron chi connectivity index (χ0n) is 41.5. The van der Waals surface area contributed by atoms with Crippen molar-refractivity contribution in [2.45, 2.75) is 70.4 Å². The maximum Gasteiger partial charge on any atom is 0.206 e. The minimum Gasteiger partial charge on any atom is -0.382 e. The fraction of sp³-hybridized carbons (Fsp3) is 0.389. The van der Waals surface area contributed by atoms with Crippen LogP contribution in [-0.2, 0) is 0 Å². The molecule has 1 atom stereocenters. The highest BCUT2D eigenvalue weighted by Crippen LogP contribution is 2.32. The van der Waals surface area contributed by atoms with Gasteiger partial charge in [0, 0.05) is 72.1 Å². The summed E-state index contributed by atoms with van der Waals surface area (Å²) in [5, 5.41) is 25.8. The Labute approximate surface area is 455 Å². The van der Waals surface area contributed by atoms with E-state index in [0.29, 0.717) is 47.9 Å². The van der Waals surface area contributed by atoms with Crippen LogP contribution in [0.15, 0.2) is 102 Å². The number of likely N-dealkylation sites (tertiary alicyclic amines) is 2. The Kier molecular flexibility index (Phi) is 22.5. The third kappa shape index (κ3) is 16.5. The number of rotatable bonds is 12. The van der Waals surface area contributed by atoms with Crippen molar-refractivity contribution < 1.29 is 9.59 Å². The van der Waals surface area contributed by atoms with Crippen molar-refractivity contribution >= 4 is 117 Å². The second-order valence-corrected chi connectivity index (χ2v) is 21.2. The number of halogens is 1. The Bertz CT molecular complexity index is 2720. The standard InChI is InChI=1S/C26H28N6OS.C19H29N5S2.C9H6BrNO.H3P/c27-17-18-4-3-5-19(16-18)23(33)24-25(28)30-26(34-24)29-20-6-8-21(9-7-20)32-14-10-22(11-15-32)31-12-1-2-13-31;1-2-26-18(20)22-19(25)21-15-5-7-16(8-6-15)24-13-9-17(10-14-24)23-11-3-4-12-23;10-5-9(12)8-3-1-2-7(4-8)6-11;/h3-9,16,22H,1-2,10-15,28H2,(H,29,30);5-8,17H,2-4,9-14H2,1H3,(H3,20,21,22,25);1-4H,5H2;1H3. The van der Waals surface area contributed by atoms with Gasteiger partial charge in [0.2, 0.25) is 5.78 Å². The van der Waals surface area contributed by atoms with E-state index in [4.69, 9.17) is 34.2 Å². The number of aromatic nitrogens is 1. The Morgan fingerprint density at radius 3 is 1.73 bits per heavy atom. The number of carbonyl (C=O) groups excluding carboxylic acids is 2. The minimum absolute atomic E-state index is 0. The van der Waals surface area contributed by atoms with Crippen LogP contribution in [0.25, 0.3) is 0 Å². The number of ketones is 2. The number of nitrogens with one attached hydrogen (secondary N) is 2. The number of hydrogen-bond acceptors (Lipinski definition) is 14. The molecule has 4 aliphatic rings. The fourth-order valence-corrected chi connectivity index (χ4v) is 11.4. The summed E-state index contributed by atoms with van der Waals surface area (Å²) in [6.45, 7) is 11.6. The number of anilines is 6. The van der Waals surface area contributed by atoms with Crippen LogP contribution in [0, 0.1) is 22.7 Å². The van der Waals surface area contributed by atoms with Gasteiger partial charge in [-0.25, -0.2) is 4.98 Å². The fourth-order valence-electron chi connectivity index (χ4n) is 9.51. The lowest BCUT2D eigenvalue weighted by atomic mass is 10.0. The van der Waals surface area contributed by atoms with Crippen molar-refractivity contribution in [3.8, 4) is 12.1 Å². The number of aliphatic imine (C=N–C) groups is 1. The number of thiazole rings is 1. The lowest BCUT2D eigenvalue weighted by molar-refractivity contribution is 0.102. The van der Waals surface area contributed by atoms with E-state index in [0.717, 1.165) is 55.4 Å². The van der Waals surface area contributed by atoms with E-state index < -0.39 is 0 Å². The van der Waals surface area contributed by atoms with Crippen molar-refractivity contribution in [3.05, 3.63) is 124 Å². The molecule has 9 rings (SSSR count). The van der Waals surface area contributed by atoms with Crippen molar-refractivity contribution in [1.82, 2.24) is 14.8 Å². The van der Waals surface area contributed by atoms with Gasteiger partial charge in [-0.2, -0.15) is 25.4 Å². The SMILES string of the molecule is CCSC(N)=NC(=S)Nc1ccc(N2CCC(N3CCCC3)CC2)cc1.N#Cc1cccc(C(=O)CBr)c1.N#Cc1cccc(C(=O)c2sc(Nc3ccc(N4CCC(N5CCCC5)CC4)cc3)nc2N)c1.P. The van der Waals surface area contributed by atoms with E-state index >= 15 is 0 Å². The monoisotopic (exact) mass is 1120 g/mol. The molecule has 6 N–H and O–H groups in total. The van der Waals surface area contributed by atoms with Gasteiger partial charge in [0.05, 0.1) is 28.6 Å². The van der Waals surface area contributed by atoms with Crippen molar-refractivity contribution in [3.63, 3.8) is 0 Å². The molecular formula is C54H66BrN12O2PS3. The average Bonchev–Trinajstić information content (AvgIpc) is 4.24. The molecule has 4 saturated heterocycles. The summed E-state index contributed by atoms with van der Waals surface area (Å²) >= 11 is 11.0. The Hall–Kier alpha value is -5.43. The normalized spacial score (nSPS) is 16.4. The molecular weight excluding hydrogens is 1060 g/mol. The number of amidine groups is 1. The zero-order valence-corrected chi connectivity index (χ0v) is 46.9. The van der Waals surface area contributed by atoms with Gasteiger partial charge in [0.1, 0.15) is 10.7 Å². The van der Waals surface area contributed by atoms with Crippen molar-refractivity contribution in [1.29, 1.82) is 10.5 Å². The molecule has 14 nitrogen and oxygen atoms in total. The van der Waals surface area contributed by atoms with Crippen LogP contribution in [0.5, 0.6) is 0 Å². The summed E-state index contributed by atoms with van der Waals surface area (Å²) in [6.07, 6.45) is 10.5. The van der Waals surface area contributed by atoms with Gasteiger partial charge in [-0.05, 0) is 168 Å². The van der Waals surface area contributed by atoms with E-state index in [2.05, 4.69) is 98.6 Å². The van der Waals surface area contributed by atoms with E-state index in [-0.39, 0.29) is 27.3 Å². The lowest BCUT2D eigenvalue weighted by Gasteiger charge is -2.37. The number of piperidine rings is 2. The molecule has 0 saturated carbocycles. The maximum absolute atomic E-state index is 12.9. The smallest absolute Gasteiger partial charge is 0.206 e. The highest BCUT2D eigenvalue weighted by Gasteiger charge is 2.28. The molecule has 0 aliphatic carbocycles. The molecule has 384 valence electrons. The van der Waals surface area contributed by atoms with E-state index in [1.165, 1.54) is 112 Å². The molecule has 1 aromatic heterocycles. The number of thiocarbonyl (C=S) groups is 1. The summed E-state index contributed by atoms with van der Waals surface area (Å²) in [4.78, 5) is 43.2. The highest BCUT2D eigenvalue weighted by molar-refractivity contribution is 9.09. The molecule has 4 aliphatic heterocycles. The highest BCUT2D eigenvalue weighted by atomic mass is 79.9. The van der Waals surface area contributed by atoms with Gasteiger partial charge in [-0.3, -0.25) is 9.59 Å². The van der Waals surface area contributed by atoms with Crippen LogP contribution in [0.2, 0.25) is 0 Å². The first-order valence-electron chi connectivity index (χ1n) is 24.7. The average molecular weight is 1120 g/mol. The zero-order chi connectivity index (χ0) is 50.8. The second kappa shape index (κ2) is 28.9. The van der Waals surface area contributed by atoms with E-state index in [9.17, 15) is 9.59 Å². The first kappa shape index (κ1) is 56.9. The van der Waals surface area contributed by atoms with Crippen molar-refractivity contribution in [2.75, 3.05) is 89.6 Å². The van der Waals surface area contributed by atoms with Gasteiger partial charge >= 0.3 is 0 Å². The number of carbonyl (C=O) groups is 2. The van der Waals surface area contributed by atoms with Crippen LogP contribution in [0.4, 0.5) is 33.7 Å². The van der Waals surface area contributed by atoms with Gasteiger partial charge in [-0.15, -0.1) is 0 Å². The Morgan fingerprint density at radius 2 is 1.25 bits per heavy atom. The van der Waals surface area contributed by atoms with E-state index in [1.807, 2.05) is 25.1 Å². The third-order valence-corrected chi connectivity index (χ3v) is 15.6. The number of nitrogen functional groups attached to an aromatic ring is 1. The van der Waals surface area contributed by atoms with Gasteiger partial charge in [0.25, 0.3) is 0 Å². The lowest BCUT2D eigenvalue weighted by Crippen LogP contribution is -2.43. The molecule has 1 unspecified atom stereocenters. The topological polar surface area (TPSA) is 196 Å². The molecule has 5 heterocycles. The number of nitrogens with zero attached hydrogens (tertiary/aromatic N) is 8. The molecule has 0 radical (unpaired) electrons. The van der Waals surface area contributed by atoms with Gasteiger partial charge < -0.3 is 41.7 Å². The van der Waals surface area contributed by atoms with Crippen LogP contribution in [-0.4, -0.2) is 112 Å². The molecule has 0 amide bonds. The van der Waals surface area contributed by atoms with Gasteiger partial charge in [-0.1, -0.05) is 70.2 Å². The van der Waals surface area contributed by atoms with Crippen LogP contribution in [0.3, 0.4) is 0 Å². The molecule has 4 fully saturated rings. The predicted molar refractivity (Wildman–Crippen MR) is 316 cm³/mol. The first-order valence-corrected chi connectivity index (χ1v) is 28.0. The maximum atomic E-state index is 12.9. The summed E-state index contributed by atoms with van der Waals surface area (Å²) in [7, 11) is 0. The quantitative estimate of drug-likeness (QED) is 0.0230. The molecule has 0 spiro atoms. The number of nitrogens with two attached hydrogens (primary N) is 2. The Morgan fingerprint density at radius 1 is 0.767 bits per heavy atom. The molecule has 5 aromatic rings. The number of benzene rings is 4. The van der Waals surface area contributed by atoms with E-state index in [1.54, 1.807) is 48.5 Å². The molecule has 19 heteroatoms. The third-order valence-electron chi connectivity index (χ3n) is 13.3. The number of nitriles is 2. The van der Waals surface area contributed by atoms with Crippen LogP contribution < -0.4 is 31.9 Å². The van der Waals surface area contributed by atoms with Crippen LogP contribution >= 0.6 is 61.1 Å². The summed E-state index contributed by atoms with van der Waals surface area (Å²) in [6, 6.07) is 35.6. The van der Waals surface area contributed by atoms with Gasteiger partial charge in [0.15, 0.2) is 21.2 Å².